The van der Waals surface area contributed by atoms with Gasteiger partial charge in [0.25, 0.3) is 5.56 Å². The number of fused-ring (bicyclic) bond motifs is 5. The van der Waals surface area contributed by atoms with Crippen LogP contribution in [-0.4, -0.2) is 48.5 Å². The fourth-order valence-electron chi connectivity index (χ4n) is 6.51. The minimum atomic E-state index is -1.90. The van der Waals surface area contributed by atoms with Crippen molar-refractivity contribution in [3.63, 3.8) is 0 Å². The summed E-state index contributed by atoms with van der Waals surface area (Å²) in [5, 5.41) is 26.4. The molecule has 0 saturated carbocycles. The molecule has 1 aliphatic carbocycles. The molecule has 4 aromatic rings. The molecule has 3 aliphatic rings. The normalized spacial score (nSPS) is 18.1. The highest BCUT2D eigenvalue weighted by Crippen LogP contribution is 2.44. The summed E-state index contributed by atoms with van der Waals surface area (Å²) in [7, 11) is 2.48. The molecule has 2 aliphatic heterocycles. The molecule has 0 saturated heterocycles. The molecule has 0 radical (unpaired) electrons. The van der Waals surface area contributed by atoms with Crippen LogP contribution in [0.25, 0.3) is 22.3 Å². The van der Waals surface area contributed by atoms with Gasteiger partial charge in [0.2, 0.25) is 0 Å². The predicted molar refractivity (Wildman–Crippen MR) is 175 cm³/mol. The van der Waals surface area contributed by atoms with E-state index in [0.29, 0.717) is 23.6 Å². The molecular formula is C32H29N5O8S2. The SMILES string of the molecule is CC[C@@]1(O)C(=O)OCc2c1cc1n(c2=O)Cc2c-1nc1ccc(NC(=O)OCC(C)SSc3ncccc3[N+](=O)[O-])c3c1c2CCC3. The van der Waals surface area contributed by atoms with Crippen molar-refractivity contribution < 1.29 is 29.1 Å². The third-order valence-corrected chi connectivity index (χ3v) is 11.6. The minimum absolute atomic E-state index is 0.0687. The van der Waals surface area contributed by atoms with E-state index in [9.17, 15) is 29.6 Å². The molecule has 1 unspecified atom stereocenters. The van der Waals surface area contributed by atoms with E-state index in [1.54, 1.807) is 23.6 Å². The number of ether oxygens (including phenoxy) is 2. The second kappa shape index (κ2) is 12.0. The Balaban J connectivity index is 1.12. The Morgan fingerprint density at radius 2 is 2.04 bits per heavy atom. The number of aromatic nitrogens is 3. The third-order valence-electron chi connectivity index (χ3n) is 8.86. The van der Waals surface area contributed by atoms with Gasteiger partial charge in [0.05, 0.1) is 33.9 Å². The van der Waals surface area contributed by atoms with Crippen LogP contribution in [-0.2, 0) is 45.9 Å². The van der Waals surface area contributed by atoms with E-state index >= 15 is 0 Å². The van der Waals surface area contributed by atoms with Gasteiger partial charge in [-0.2, -0.15) is 0 Å². The average molecular weight is 676 g/mol. The van der Waals surface area contributed by atoms with Crippen molar-refractivity contribution in [1.82, 2.24) is 14.5 Å². The Hall–Kier alpha value is -4.47. The van der Waals surface area contributed by atoms with Crippen LogP contribution in [0.5, 0.6) is 0 Å². The quantitative estimate of drug-likeness (QED) is 0.0947. The van der Waals surface area contributed by atoms with Crippen LogP contribution in [0, 0.1) is 10.1 Å². The highest BCUT2D eigenvalue weighted by Gasteiger charge is 2.45. The van der Waals surface area contributed by atoms with Crippen molar-refractivity contribution in [1.29, 1.82) is 0 Å². The summed E-state index contributed by atoms with van der Waals surface area (Å²) in [6.45, 7) is 3.72. The number of benzene rings is 1. The van der Waals surface area contributed by atoms with Crippen LogP contribution >= 0.6 is 21.6 Å². The van der Waals surface area contributed by atoms with Crippen molar-refractivity contribution in [3.8, 4) is 11.4 Å². The van der Waals surface area contributed by atoms with Crippen LogP contribution in [0.2, 0.25) is 0 Å². The summed E-state index contributed by atoms with van der Waals surface area (Å²) < 4.78 is 12.3. The van der Waals surface area contributed by atoms with Gasteiger partial charge < -0.3 is 19.1 Å². The number of amides is 1. The molecule has 2 atom stereocenters. The molecular weight excluding hydrogens is 647 g/mol. The van der Waals surface area contributed by atoms with Crippen LogP contribution < -0.4 is 10.9 Å². The average Bonchev–Trinajstić information content (AvgIpc) is 3.45. The topological polar surface area (TPSA) is 176 Å². The number of carbonyl (C=O) groups excluding carboxylic acids is 2. The summed E-state index contributed by atoms with van der Waals surface area (Å²) in [5.41, 5.74) is 3.75. The second-order valence-corrected chi connectivity index (χ2v) is 14.3. The fourth-order valence-corrected chi connectivity index (χ4v) is 8.54. The molecule has 2 N–H and O–H groups in total. The van der Waals surface area contributed by atoms with Crippen LogP contribution in [0.1, 0.15) is 54.5 Å². The van der Waals surface area contributed by atoms with Gasteiger partial charge in [-0.3, -0.25) is 20.2 Å². The Labute approximate surface area is 275 Å². The fraction of sp³-hybridized carbons (Fsp3) is 0.344. The molecule has 0 fully saturated rings. The lowest BCUT2D eigenvalue weighted by molar-refractivity contribution is -0.388. The Kier molecular flexibility index (Phi) is 7.92. The molecule has 7 rings (SSSR count). The number of hydrogen-bond donors (Lipinski definition) is 2. The molecule has 1 amide bonds. The van der Waals surface area contributed by atoms with E-state index < -0.39 is 22.6 Å². The first-order valence-electron chi connectivity index (χ1n) is 15.1. The van der Waals surface area contributed by atoms with Crippen LogP contribution in [0.3, 0.4) is 0 Å². The molecule has 0 bridgehead atoms. The number of aryl methyl sites for hydroxylation is 2. The highest BCUT2D eigenvalue weighted by molar-refractivity contribution is 8.77. The number of nitro groups is 1. The van der Waals surface area contributed by atoms with Gasteiger partial charge in [-0.05, 0) is 78.8 Å². The van der Waals surface area contributed by atoms with Gasteiger partial charge in [0, 0.05) is 39.7 Å². The zero-order valence-corrected chi connectivity index (χ0v) is 27.0. The van der Waals surface area contributed by atoms with Gasteiger partial charge >= 0.3 is 17.7 Å². The first-order chi connectivity index (χ1) is 22.6. The molecule has 47 heavy (non-hydrogen) atoms. The number of hydrogen-bond acceptors (Lipinski definition) is 12. The van der Waals surface area contributed by atoms with Gasteiger partial charge in [0.15, 0.2) is 10.6 Å². The Morgan fingerprint density at radius 1 is 1.23 bits per heavy atom. The molecule has 13 nitrogen and oxygen atoms in total. The molecule has 3 aromatic heterocycles. The van der Waals surface area contributed by atoms with Gasteiger partial charge in [0.1, 0.15) is 13.2 Å². The number of nitrogens with one attached hydrogen (secondary N) is 1. The summed E-state index contributed by atoms with van der Waals surface area (Å²) in [4.78, 5) is 58.9. The van der Waals surface area contributed by atoms with Crippen molar-refractivity contribution in [2.45, 2.75) is 68.6 Å². The number of rotatable bonds is 8. The monoisotopic (exact) mass is 675 g/mol. The summed E-state index contributed by atoms with van der Waals surface area (Å²) in [6, 6.07) is 8.24. The number of aliphatic hydroxyl groups is 1. The summed E-state index contributed by atoms with van der Waals surface area (Å²) in [5.74, 6) is -0.761. The highest BCUT2D eigenvalue weighted by atomic mass is 33.1. The van der Waals surface area contributed by atoms with E-state index in [2.05, 4.69) is 10.3 Å². The number of cyclic esters (lactones) is 1. The van der Waals surface area contributed by atoms with Crippen LogP contribution in [0.4, 0.5) is 16.2 Å². The predicted octanol–water partition coefficient (Wildman–Crippen LogP) is 5.25. The Bertz CT molecular complexity index is 2070. The van der Waals surface area contributed by atoms with Gasteiger partial charge in [-0.15, -0.1) is 0 Å². The minimum Gasteiger partial charge on any atom is -0.458 e. The zero-order chi connectivity index (χ0) is 33.0. The van der Waals surface area contributed by atoms with Gasteiger partial charge in [-0.25, -0.2) is 19.6 Å². The summed E-state index contributed by atoms with van der Waals surface area (Å²) in [6.07, 6.45) is 3.26. The van der Waals surface area contributed by atoms with E-state index in [0.717, 1.165) is 57.6 Å². The van der Waals surface area contributed by atoms with Crippen molar-refractivity contribution in [2.24, 2.45) is 0 Å². The van der Waals surface area contributed by atoms with E-state index in [-0.39, 0.29) is 52.3 Å². The lowest BCUT2D eigenvalue weighted by atomic mass is 9.85. The smallest absolute Gasteiger partial charge is 0.411 e. The number of pyridine rings is 3. The van der Waals surface area contributed by atoms with E-state index in [4.69, 9.17) is 14.5 Å². The van der Waals surface area contributed by atoms with Crippen LogP contribution in [0.15, 0.2) is 46.3 Å². The molecule has 242 valence electrons. The van der Waals surface area contributed by atoms with Crippen molar-refractivity contribution in [2.75, 3.05) is 11.9 Å². The van der Waals surface area contributed by atoms with Crippen molar-refractivity contribution >= 4 is 55.9 Å². The Morgan fingerprint density at radius 3 is 2.83 bits per heavy atom. The molecule has 1 aromatic carbocycles. The van der Waals surface area contributed by atoms with Gasteiger partial charge in [-0.1, -0.05) is 17.7 Å². The largest absolute Gasteiger partial charge is 0.458 e. The number of anilines is 1. The lowest BCUT2D eigenvalue weighted by Crippen LogP contribution is -2.44. The number of esters is 1. The lowest BCUT2D eigenvalue weighted by Gasteiger charge is -2.31. The second-order valence-electron chi connectivity index (χ2n) is 11.7. The zero-order valence-electron chi connectivity index (χ0n) is 25.4. The van der Waals surface area contributed by atoms with E-state index in [1.807, 2.05) is 13.0 Å². The third kappa shape index (κ3) is 5.22. The maximum Gasteiger partial charge on any atom is 0.411 e. The first-order valence-corrected chi connectivity index (χ1v) is 17.3. The summed E-state index contributed by atoms with van der Waals surface area (Å²) >= 11 is 0. The maximum atomic E-state index is 13.6. The molecule has 15 heteroatoms. The number of nitrogens with zero attached hydrogens (tertiary/aromatic N) is 4. The molecule has 5 heterocycles. The maximum absolute atomic E-state index is 13.6. The first kappa shape index (κ1) is 31.1. The van der Waals surface area contributed by atoms with Crippen molar-refractivity contribution in [3.05, 3.63) is 84.8 Å². The molecule has 0 spiro atoms. The number of carbonyl (C=O) groups is 2. The van der Waals surface area contributed by atoms with E-state index in [1.165, 1.54) is 29.1 Å². The standard InChI is InChI=1S/C32H29N5O8S2/c1-3-32(41)21-12-25-27-19(13-36(25)29(38)20(21)15-44-30(32)39)17-6-4-7-18-22(9-10-23(34-27)26(17)18)35-31(40)45-14-16(2)46-47-28-24(37(42)43)8-5-11-33-28/h5,8-12,16,41H,3-4,6-7,13-15H2,1-2H3,(H,35,40)/t16?,32-/m0/s1.